The molecular weight excluding hydrogens is 396 g/mol. The summed E-state index contributed by atoms with van der Waals surface area (Å²) in [6.45, 7) is 2.54. The van der Waals surface area contributed by atoms with Gasteiger partial charge in [-0.3, -0.25) is 9.59 Å². The van der Waals surface area contributed by atoms with E-state index in [9.17, 15) is 14.7 Å². The number of fused-ring (bicyclic) bond motifs is 4. The standard InChI is InChI=1S/C23H22N4O4/c1-2-31-21-9-14(7-8-20(21)28)11-24-27-13-22(29)26-12-18-16(10-19(26)23(27)30)15-5-3-4-6-17(15)25-18/h3-9,11,19,25,28H,2,10,12-13H2,1H3/b24-11+. The van der Waals surface area contributed by atoms with Crippen LogP contribution >= 0.6 is 0 Å². The highest BCUT2D eigenvalue weighted by Gasteiger charge is 2.43. The maximum Gasteiger partial charge on any atom is 0.266 e. The van der Waals surface area contributed by atoms with E-state index < -0.39 is 6.04 Å². The number of nitrogens with one attached hydrogen (secondary N) is 1. The molecule has 2 aliphatic rings. The summed E-state index contributed by atoms with van der Waals surface area (Å²) in [6.07, 6.45) is 1.96. The number of carbonyl (C=O) groups excluding carboxylic acids is 2. The minimum Gasteiger partial charge on any atom is -0.504 e. The Morgan fingerprint density at radius 2 is 2.06 bits per heavy atom. The first-order chi connectivity index (χ1) is 15.0. The lowest BCUT2D eigenvalue weighted by Gasteiger charge is -2.40. The number of amides is 2. The molecule has 8 heteroatoms. The number of hydrogen-bond donors (Lipinski definition) is 2. The molecular formula is C23H22N4O4. The van der Waals surface area contributed by atoms with E-state index in [2.05, 4.69) is 10.1 Å². The topological polar surface area (TPSA) is 98.2 Å². The summed E-state index contributed by atoms with van der Waals surface area (Å²) in [5, 5.41) is 16.4. The van der Waals surface area contributed by atoms with Crippen molar-refractivity contribution in [2.75, 3.05) is 13.2 Å². The number of phenolic OH excluding ortho intramolecular Hbond substituents is 1. The molecule has 0 bridgehead atoms. The number of aromatic hydroxyl groups is 1. The SMILES string of the molecule is CCOc1cc(/C=N/N2CC(=O)N3Cc4[nH]c5ccccc5c4CC3C2=O)ccc1O. The molecule has 1 aromatic heterocycles. The lowest BCUT2D eigenvalue weighted by molar-refractivity contribution is -0.157. The average molecular weight is 418 g/mol. The van der Waals surface area contributed by atoms with Crippen molar-refractivity contribution in [1.82, 2.24) is 14.9 Å². The Morgan fingerprint density at radius 3 is 2.90 bits per heavy atom. The van der Waals surface area contributed by atoms with Gasteiger partial charge in [-0.05, 0) is 42.3 Å². The third kappa shape index (κ3) is 3.30. The quantitative estimate of drug-likeness (QED) is 0.636. The highest BCUT2D eigenvalue weighted by molar-refractivity contribution is 5.97. The highest BCUT2D eigenvalue weighted by Crippen LogP contribution is 2.32. The summed E-state index contributed by atoms with van der Waals surface area (Å²) in [6, 6.07) is 12.2. The van der Waals surface area contributed by atoms with E-state index in [0.29, 0.717) is 30.9 Å². The number of hydrogen-bond acceptors (Lipinski definition) is 5. The van der Waals surface area contributed by atoms with Gasteiger partial charge < -0.3 is 19.7 Å². The van der Waals surface area contributed by atoms with Crippen molar-refractivity contribution in [1.29, 1.82) is 0 Å². The normalized spacial score (nSPS) is 18.5. The summed E-state index contributed by atoms with van der Waals surface area (Å²) in [5.41, 5.74) is 3.75. The van der Waals surface area contributed by atoms with E-state index in [1.165, 1.54) is 17.3 Å². The predicted molar refractivity (Wildman–Crippen MR) is 115 cm³/mol. The van der Waals surface area contributed by atoms with Gasteiger partial charge in [0.15, 0.2) is 11.5 Å². The van der Waals surface area contributed by atoms with Crippen molar-refractivity contribution in [3.05, 3.63) is 59.3 Å². The molecule has 5 rings (SSSR count). The molecule has 31 heavy (non-hydrogen) atoms. The Kier molecular flexibility index (Phi) is 4.62. The maximum atomic E-state index is 13.2. The molecule has 1 fully saturated rings. The molecule has 3 aromatic rings. The van der Waals surface area contributed by atoms with Crippen LogP contribution in [0.5, 0.6) is 11.5 Å². The minimum absolute atomic E-state index is 0.0376. The second-order valence-corrected chi connectivity index (χ2v) is 7.67. The molecule has 158 valence electrons. The minimum atomic E-state index is -0.566. The van der Waals surface area contributed by atoms with Crippen LogP contribution in [0.15, 0.2) is 47.6 Å². The van der Waals surface area contributed by atoms with Crippen LogP contribution in [0.3, 0.4) is 0 Å². The van der Waals surface area contributed by atoms with Crippen LogP contribution in [0.4, 0.5) is 0 Å². The van der Waals surface area contributed by atoms with Gasteiger partial charge in [0.2, 0.25) is 5.91 Å². The third-order valence-corrected chi connectivity index (χ3v) is 5.78. The van der Waals surface area contributed by atoms with Gasteiger partial charge in [0, 0.05) is 23.0 Å². The monoisotopic (exact) mass is 418 g/mol. The largest absolute Gasteiger partial charge is 0.504 e. The molecule has 0 spiro atoms. The number of para-hydroxylation sites is 1. The fraction of sp³-hybridized carbons (Fsp3) is 0.261. The van der Waals surface area contributed by atoms with Crippen LogP contribution in [0.25, 0.3) is 10.9 Å². The van der Waals surface area contributed by atoms with Crippen molar-refractivity contribution in [2.24, 2.45) is 5.10 Å². The third-order valence-electron chi connectivity index (χ3n) is 5.78. The molecule has 0 saturated carbocycles. The highest BCUT2D eigenvalue weighted by atomic mass is 16.5. The fourth-order valence-electron chi connectivity index (χ4n) is 4.28. The number of H-pyrrole nitrogens is 1. The zero-order chi connectivity index (χ0) is 21.5. The maximum absolute atomic E-state index is 13.2. The van der Waals surface area contributed by atoms with E-state index in [1.54, 1.807) is 17.0 Å². The Labute approximate surface area is 178 Å². The number of ether oxygens (including phenoxy) is 1. The van der Waals surface area contributed by atoms with Crippen molar-refractivity contribution in [3.8, 4) is 11.5 Å². The van der Waals surface area contributed by atoms with E-state index in [4.69, 9.17) is 4.74 Å². The Morgan fingerprint density at radius 1 is 1.23 bits per heavy atom. The van der Waals surface area contributed by atoms with Crippen molar-refractivity contribution in [3.63, 3.8) is 0 Å². The van der Waals surface area contributed by atoms with Crippen molar-refractivity contribution < 1.29 is 19.4 Å². The van der Waals surface area contributed by atoms with Crippen LogP contribution in [0.2, 0.25) is 0 Å². The number of benzene rings is 2. The van der Waals surface area contributed by atoms with Crippen molar-refractivity contribution in [2.45, 2.75) is 25.9 Å². The molecule has 1 saturated heterocycles. The number of phenols is 1. The molecule has 0 radical (unpaired) electrons. The molecule has 2 amide bonds. The second kappa shape index (κ2) is 7.46. The number of hydrazone groups is 1. The van der Waals surface area contributed by atoms with Gasteiger partial charge in [-0.1, -0.05) is 18.2 Å². The van der Waals surface area contributed by atoms with Crippen LogP contribution < -0.4 is 4.74 Å². The van der Waals surface area contributed by atoms with Gasteiger partial charge in [-0.15, -0.1) is 0 Å². The number of piperazine rings is 1. The number of carbonyl (C=O) groups is 2. The summed E-state index contributed by atoms with van der Waals surface area (Å²) in [4.78, 5) is 31.0. The summed E-state index contributed by atoms with van der Waals surface area (Å²) >= 11 is 0. The zero-order valence-corrected chi connectivity index (χ0v) is 17.0. The molecule has 1 unspecified atom stereocenters. The molecule has 2 aliphatic heterocycles. The predicted octanol–water partition coefficient (Wildman–Crippen LogP) is 2.40. The van der Waals surface area contributed by atoms with Gasteiger partial charge in [-0.2, -0.15) is 5.10 Å². The lowest BCUT2D eigenvalue weighted by atomic mass is 9.94. The fourth-order valence-corrected chi connectivity index (χ4v) is 4.28. The lowest BCUT2D eigenvalue weighted by Crippen LogP contribution is -2.60. The van der Waals surface area contributed by atoms with Crippen LogP contribution in [0.1, 0.15) is 23.7 Å². The molecule has 3 heterocycles. The van der Waals surface area contributed by atoms with Crippen LogP contribution in [-0.4, -0.2) is 57.2 Å². The van der Waals surface area contributed by atoms with Gasteiger partial charge in [0.05, 0.1) is 19.4 Å². The van der Waals surface area contributed by atoms with Crippen LogP contribution in [-0.2, 0) is 22.6 Å². The first-order valence-corrected chi connectivity index (χ1v) is 10.2. The zero-order valence-electron chi connectivity index (χ0n) is 17.0. The van der Waals surface area contributed by atoms with Gasteiger partial charge in [-0.25, -0.2) is 5.01 Å². The van der Waals surface area contributed by atoms with Crippen molar-refractivity contribution >= 4 is 28.9 Å². The number of rotatable bonds is 4. The smallest absolute Gasteiger partial charge is 0.266 e. The summed E-state index contributed by atoms with van der Waals surface area (Å²) in [5.74, 6) is 0.0517. The van der Waals surface area contributed by atoms with Gasteiger partial charge in [0.25, 0.3) is 5.91 Å². The van der Waals surface area contributed by atoms with E-state index in [1.807, 2.05) is 31.2 Å². The van der Waals surface area contributed by atoms with E-state index in [0.717, 1.165) is 22.2 Å². The summed E-state index contributed by atoms with van der Waals surface area (Å²) < 4.78 is 5.38. The molecule has 2 N–H and O–H groups in total. The van der Waals surface area contributed by atoms with E-state index >= 15 is 0 Å². The van der Waals surface area contributed by atoms with Crippen LogP contribution in [0, 0.1) is 0 Å². The molecule has 8 nitrogen and oxygen atoms in total. The van der Waals surface area contributed by atoms with E-state index in [-0.39, 0.29) is 24.1 Å². The van der Waals surface area contributed by atoms with Gasteiger partial charge >= 0.3 is 0 Å². The molecule has 2 aromatic carbocycles. The molecule has 0 aliphatic carbocycles. The first-order valence-electron chi connectivity index (χ1n) is 10.2. The Bertz CT molecular complexity index is 1220. The number of aromatic amines is 1. The first kappa shape index (κ1) is 19.2. The molecule has 1 atom stereocenters. The second-order valence-electron chi connectivity index (χ2n) is 7.67. The summed E-state index contributed by atoms with van der Waals surface area (Å²) in [7, 11) is 0. The Hall–Kier alpha value is -3.81. The average Bonchev–Trinajstić information content (AvgIpc) is 3.14. The number of aromatic nitrogens is 1. The Balaban J connectivity index is 1.40. The van der Waals surface area contributed by atoms with Gasteiger partial charge in [0.1, 0.15) is 12.6 Å². The number of nitrogens with zero attached hydrogens (tertiary/aromatic N) is 3.